The van der Waals surface area contributed by atoms with Crippen LogP contribution in [-0.4, -0.2) is 12.3 Å². The molecule has 0 aliphatic carbocycles. The zero-order chi connectivity index (χ0) is 17.5. The van der Waals surface area contributed by atoms with Gasteiger partial charge in [0.05, 0.1) is 5.02 Å². The molecule has 0 N–H and O–H groups in total. The molecule has 2 nitrogen and oxygen atoms in total. The van der Waals surface area contributed by atoms with Crippen molar-refractivity contribution in [3.8, 4) is 17.2 Å². The monoisotopic (exact) mass is 374 g/mol. The Labute approximate surface area is 146 Å². The van der Waals surface area contributed by atoms with Crippen LogP contribution in [0.5, 0.6) is 17.2 Å². The van der Waals surface area contributed by atoms with E-state index in [2.05, 4.69) is 0 Å². The van der Waals surface area contributed by atoms with Crippen LogP contribution >= 0.6 is 23.2 Å². The Morgan fingerprint density at radius 2 is 1.83 bits per heavy atom. The molecule has 2 aromatic rings. The molecule has 7 heteroatoms. The van der Waals surface area contributed by atoms with Gasteiger partial charge >= 0.3 is 6.18 Å². The Bertz CT molecular complexity index is 816. The van der Waals surface area contributed by atoms with Gasteiger partial charge in [-0.15, -0.1) is 0 Å². The summed E-state index contributed by atoms with van der Waals surface area (Å²) in [5.41, 5.74) is 1.23. The lowest BCUT2D eigenvalue weighted by Gasteiger charge is -2.24. The van der Waals surface area contributed by atoms with E-state index in [0.29, 0.717) is 16.3 Å². The molecule has 0 radical (unpaired) electrons. The summed E-state index contributed by atoms with van der Waals surface area (Å²) in [7, 11) is 0. The van der Waals surface area contributed by atoms with Crippen LogP contribution in [0.3, 0.4) is 0 Å². The van der Waals surface area contributed by atoms with E-state index in [9.17, 15) is 13.2 Å². The van der Waals surface area contributed by atoms with Crippen molar-refractivity contribution in [3.63, 3.8) is 0 Å². The van der Waals surface area contributed by atoms with Crippen molar-refractivity contribution in [3.05, 3.63) is 57.6 Å². The summed E-state index contributed by atoms with van der Waals surface area (Å²) in [5.74, 6) is 0.767. The molecule has 1 heterocycles. The molecule has 0 bridgehead atoms. The van der Waals surface area contributed by atoms with Gasteiger partial charge in [0.15, 0.2) is 0 Å². The molecule has 0 aromatic heterocycles. The van der Waals surface area contributed by atoms with Gasteiger partial charge in [-0.25, -0.2) is 0 Å². The first-order chi connectivity index (χ1) is 11.2. The van der Waals surface area contributed by atoms with Gasteiger partial charge in [0.2, 0.25) is 6.10 Å². The van der Waals surface area contributed by atoms with Crippen molar-refractivity contribution in [2.45, 2.75) is 19.2 Å². The molecule has 3 rings (SSSR count). The molecule has 1 aliphatic rings. The number of hydrogen-bond acceptors (Lipinski definition) is 2. The van der Waals surface area contributed by atoms with Gasteiger partial charge < -0.3 is 9.47 Å². The van der Waals surface area contributed by atoms with E-state index in [1.165, 1.54) is 18.2 Å². The molecule has 0 unspecified atom stereocenters. The van der Waals surface area contributed by atoms with E-state index in [1.54, 1.807) is 25.1 Å². The maximum absolute atomic E-state index is 12.8. The maximum Gasteiger partial charge on any atom is 0.429 e. The highest BCUT2D eigenvalue weighted by Gasteiger charge is 2.41. The van der Waals surface area contributed by atoms with Crippen LogP contribution in [0.25, 0.3) is 6.08 Å². The number of fused-ring (bicyclic) bond motifs is 1. The normalized spacial score (nSPS) is 16.5. The summed E-state index contributed by atoms with van der Waals surface area (Å²) in [6.45, 7) is 1.80. The van der Waals surface area contributed by atoms with E-state index < -0.39 is 12.3 Å². The van der Waals surface area contributed by atoms with E-state index in [-0.39, 0.29) is 16.5 Å². The highest BCUT2D eigenvalue weighted by atomic mass is 35.5. The Morgan fingerprint density at radius 3 is 2.50 bits per heavy atom. The fourth-order valence-electron chi connectivity index (χ4n) is 2.25. The third-order valence-corrected chi connectivity index (χ3v) is 3.98. The van der Waals surface area contributed by atoms with Gasteiger partial charge in [-0.05, 0) is 42.8 Å². The minimum atomic E-state index is -4.48. The van der Waals surface area contributed by atoms with E-state index >= 15 is 0 Å². The molecule has 0 saturated carbocycles. The summed E-state index contributed by atoms with van der Waals surface area (Å²) < 4.78 is 49.1. The molecule has 0 amide bonds. The molecule has 0 spiro atoms. The number of rotatable bonds is 2. The smallest absolute Gasteiger partial charge is 0.429 e. The Balaban J connectivity index is 1.93. The van der Waals surface area contributed by atoms with E-state index in [1.807, 2.05) is 0 Å². The quantitative estimate of drug-likeness (QED) is 0.602. The fraction of sp³-hybridized carbons (Fsp3) is 0.176. The molecular weight excluding hydrogens is 364 g/mol. The van der Waals surface area contributed by atoms with Crippen molar-refractivity contribution in [2.75, 3.05) is 0 Å². The number of benzene rings is 2. The van der Waals surface area contributed by atoms with Crippen molar-refractivity contribution in [1.29, 1.82) is 0 Å². The highest BCUT2D eigenvalue weighted by molar-refractivity contribution is 6.32. The first kappa shape index (κ1) is 17.0. The minimum Gasteiger partial charge on any atom is -0.476 e. The van der Waals surface area contributed by atoms with Crippen LogP contribution in [0, 0.1) is 6.92 Å². The van der Waals surface area contributed by atoms with Crippen LogP contribution in [-0.2, 0) is 0 Å². The number of alkyl halides is 3. The van der Waals surface area contributed by atoms with Crippen molar-refractivity contribution < 1.29 is 22.6 Å². The van der Waals surface area contributed by atoms with Gasteiger partial charge in [0.1, 0.15) is 17.2 Å². The number of ether oxygens (including phenoxy) is 2. The summed E-state index contributed by atoms with van der Waals surface area (Å²) >= 11 is 12.0. The maximum atomic E-state index is 12.8. The minimum absolute atomic E-state index is 0.0610. The second-order valence-corrected chi connectivity index (χ2v) is 6.12. The third-order valence-electron chi connectivity index (χ3n) is 3.45. The summed E-state index contributed by atoms with van der Waals surface area (Å²) in [6.07, 6.45) is -4.19. The number of halogens is 5. The second-order valence-electron chi connectivity index (χ2n) is 5.27. The summed E-state index contributed by atoms with van der Waals surface area (Å²) in [5, 5.41) is 0.819. The van der Waals surface area contributed by atoms with Crippen molar-refractivity contribution in [1.82, 2.24) is 0 Å². The molecule has 0 fully saturated rings. The number of aryl methyl sites for hydroxylation is 1. The van der Waals surface area contributed by atoms with Crippen LogP contribution < -0.4 is 9.47 Å². The molecule has 1 atom stereocenters. The van der Waals surface area contributed by atoms with Gasteiger partial charge in [0, 0.05) is 16.7 Å². The first-order valence-corrected chi connectivity index (χ1v) is 7.69. The Hall–Kier alpha value is -1.85. The fourth-order valence-corrected chi connectivity index (χ4v) is 2.69. The lowest BCUT2D eigenvalue weighted by atomic mass is 10.1. The van der Waals surface area contributed by atoms with Crippen LogP contribution in [0.15, 0.2) is 36.4 Å². The predicted molar refractivity (Wildman–Crippen MR) is 87.2 cm³/mol. The third kappa shape index (κ3) is 3.47. The molecule has 0 saturated heterocycles. The molecule has 1 aliphatic heterocycles. The molecular formula is C17H11Cl2F3O2. The zero-order valence-electron chi connectivity index (χ0n) is 12.3. The largest absolute Gasteiger partial charge is 0.476 e. The van der Waals surface area contributed by atoms with Crippen LogP contribution in [0.2, 0.25) is 10.0 Å². The second kappa shape index (κ2) is 6.22. The van der Waals surface area contributed by atoms with Gasteiger partial charge in [-0.3, -0.25) is 0 Å². The summed E-state index contributed by atoms with van der Waals surface area (Å²) in [4.78, 5) is 0. The first-order valence-electron chi connectivity index (χ1n) is 6.93. The van der Waals surface area contributed by atoms with Crippen molar-refractivity contribution in [2.24, 2.45) is 0 Å². The number of hydrogen-bond donors (Lipinski definition) is 0. The lowest BCUT2D eigenvalue weighted by molar-refractivity contribution is -0.180. The van der Waals surface area contributed by atoms with Crippen LogP contribution in [0.1, 0.15) is 11.1 Å². The standard InChI is InChI=1S/C17H11Cl2F3O2/c1-9-6-11(18)3-4-13(9)23-15-8-14-10(7-12(15)19)2-5-16(24-14)17(20,21)22/h2-8,16H,1H3/t16-/m0/s1. The average Bonchev–Trinajstić information content (AvgIpc) is 2.49. The van der Waals surface area contributed by atoms with Crippen molar-refractivity contribution >= 4 is 29.3 Å². The van der Waals surface area contributed by atoms with E-state index in [4.69, 9.17) is 32.7 Å². The highest BCUT2D eigenvalue weighted by Crippen LogP contribution is 2.40. The van der Waals surface area contributed by atoms with Crippen LogP contribution in [0.4, 0.5) is 13.2 Å². The Morgan fingerprint density at radius 1 is 1.08 bits per heavy atom. The zero-order valence-corrected chi connectivity index (χ0v) is 13.8. The molecule has 24 heavy (non-hydrogen) atoms. The Kier molecular flexibility index (Phi) is 4.40. The lowest BCUT2D eigenvalue weighted by Crippen LogP contribution is -2.33. The van der Waals surface area contributed by atoms with Gasteiger partial charge in [0.25, 0.3) is 0 Å². The molecule has 126 valence electrons. The summed E-state index contributed by atoms with van der Waals surface area (Å²) in [6, 6.07) is 7.87. The van der Waals surface area contributed by atoms with E-state index in [0.717, 1.165) is 11.6 Å². The molecule has 2 aromatic carbocycles. The predicted octanol–water partition coefficient (Wildman–Crippen LogP) is 6.43. The average molecular weight is 375 g/mol. The topological polar surface area (TPSA) is 18.5 Å². The SMILES string of the molecule is Cc1cc(Cl)ccc1Oc1cc2c(cc1Cl)C=C[C@@H](C(F)(F)F)O2. The van der Waals surface area contributed by atoms with Gasteiger partial charge in [-0.1, -0.05) is 29.3 Å². The van der Waals surface area contributed by atoms with Gasteiger partial charge in [-0.2, -0.15) is 13.2 Å².